The number of aliphatic imine (C=N–C) groups is 1. The Morgan fingerprint density at radius 1 is 1.13 bits per heavy atom. The molecule has 15 heteroatoms. The number of amides is 3. The molecule has 236 valence electrons. The first-order chi connectivity index (χ1) is 21.8. The molecule has 3 amide bonds. The molecule has 11 nitrogen and oxygen atoms in total. The first-order valence-electron chi connectivity index (χ1n) is 13.8. The fourth-order valence-electron chi connectivity index (χ4n) is 4.61. The summed E-state index contributed by atoms with van der Waals surface area (Å²) in [5.41, 5.74) is 3.68. The zero-order chi connectivity index (χ0) is 33.2. The number of urea groups is 1. The Hall–Kier alpha value is -5.36. The highest BCUT2D eigenvalue weighted by atomic mass is 32.2. The number of thioether (sulfide) groups is 1. The summed E-state index contributed by atoms with van der Waals surface area (Å²) in [5, 5.41) is 17.0. The van der Waals surface area contributed by atoms with Crippen LogP contribution >= 0.6 is 11.8 Å². The Balaban J connectivity index is 1.35. The Morgan fingerprint density at radius 2 is 1.87 bits per heavy atom. The molecule has 0 aliphatic carbocycles. The van der Waals surface area contributed by atoms with Gasteiger partial charge < -0.3 is 15.0 Å². The number of nitriles is 1. The molecule has 1 aromatic heterocycles. The average Bonchev–Trinajstić information content (AvgIpc) is 3.63. The minimum absolute atomic E-state index is 0.107. The van der Waals surface area contributed by atoms with E-state index in [1.165, 1.54) is 40.2 Å². The van der Waals surface area contributed by atoms with Crippen molar-refractivity contribution >= 4 is 45.9 Å². The quantitative estimate of drug-likeness (QED) is 0.239. The molecule has 0 radical (unpaired) electrons. The monoisotopic (exact) mass is 648 g/mol. The highest BCUT2D eigenvalue weighted by molar-refractivity contribution is 8.15. The Bertz CT molecular complexity index is 1860. The van der Waals surface area contributed by atoms with Crippen LogP contribution in [0.2, 0.25) is 0 Å². The second-order valence-electron chi connectivity index (χ2n) is 10.6. The van der Waals surface area contributed by atoms with E-state index in [-0.39, 0.29) is 45.6 Å². The number of anilines is 3. The summed E-state index contributed by atoms with van der Waals surface area (Å²) in [4.78, 5) is 37.9. The first kappa shape index (κ1) is 32.0. The smallest absolute Gasteiger partial charge is 0.406 e. The lowest BCUT2D eigenvalue weighted by Gasteiger charge is -2.24. The van der Waals surface area contributed by atoms with Gasteiger partial charge >= 0.3 is 12.4 Å². The molecule has 1 fully saturated rings. The molecule has 2 heterocycles. The maximum Gasteiger partial charge on any atom is 0.573 e. The van der Waals surface area contributed by atoms with Crippen molar-refractivity contribution in [2.45, 2.75) is 26.1 Å². The number of carbonyl (C=O) groups excluding carboxylic acids is 2. The van der Waals surface area contributed by atoms with Crippen LogP contribution in [-0.2, 0) is 4.79 Å². The van der Waals surface area contributed by atoms with E-state index in [9.17, 15) is 28.0 Å². The van der Waals surface area contributed by atoms with Crippen molar-refractivity contribution in [1.29, 1.82) is 5.26 Å². The van der Waals surface area contributed by atoms with E-state index in [1.54, 1.807) is 6.07 Å². The Kier molecular flexibility index (Phi) is 9.01. The average molecular weight is 649 g/mol. The lowest BCUT2D eigenvalue weighted by atomic mass is 9.99. The number of carbonyl (C=O) groups is 2. The molecule has 1 saturated heterocycles. The van der Waals surface area contributed by atoms with Gasteiger partial charge in [-0.05, 0) is 66.1 Å². The molecule has 0 spiro atoms. The molecule has 1 aliphatic heterocycles. The maximum absolute atomic E-state index is 13.1. The number of rotatable bonds is 7. The number of alkyl halides is 3. The molecule has 0 unspecified atom stereocenters. The van der Waals surface area contributed by atoms with Gasteiger partial charge in [0.1, 0.15) is 18.1 Å². The standard InChI is InChI=1S/C31H27F3N8O3S/c1-18(2)24-11-8-22(40(3)4)14-26(24)42-27(43)16-46-30(42)38-29(44)37-25-12-5-19(13-20(25)15-35)28-36-17-41(39-28)21-6-9-23(10-7-21)45-31(32,33)34/h5-14,17-18H,16H2,1-4H3,(H,37,44)/b38-30-. The largest absolute Gasteiger partial charge is 0.573 e. The van der Waals surface area contributed by atoms with E-state index >= 15 is 0 Å². The number of ether oxygens (including phenoxy) is 1. The molecule has 0 saturated carbocycles. The van der Waals surface area contributed by atoms with Crippen LogP contribution in [0.3, 0.4) is 0 Å². The predicted molar refractivity (Wildman–Crippen MR) is 169 cm³/mol. The number of aromatic nitrogens is 3. The number of halogens is 3. The number of nitrogens with one attached hydrogen (secondary N) is 1. The minimum atomic E-state index is -4.80. The highest BCUT2D eigenvalue weighted by Gasteiger charge is 2.33. The van der Waals surface area contributed by atoms with E-state index < -0.39 is 12.4 Å². The van der Waals surface area contributed by atoms with Crippen LogP contribution in [0, 0.1) is 11.3 Å². The third-order valence-electron chi connectivity index (χ3n) is 6.82. The van der Waals surface area contributed by atoms with Gasteiger partial charge in [0.05, 0.1) is 28.4 Å². The molecule has 0 atom stereocenters. The van der Waals surface area contributed by atoms with Gasteiger partial charge in [0.15, 0.2) is 11.0 Å². The summed E-state index contributed by atoms with van der Waals surface area (Å²) in [6.07, 6.45) is -3.43. The molecule has 46 heavy (non-hydrogen) atoms. The van der Waals surface area contributed by atoms with E-state index in [0.29, 0.717) is 16.9 Å². The number of benzene rings is 3. The second kappa shape index (κ2) is 12.9. The van der Waals surface area contributed by atoms with Crippen LogP contribution in [0.4, 0.5) is 35.0 Å². The molecule has 4 aromatic rings. The van der Waals surface area contributed by atoms with Gasteiger partial charge in [0.25, 0.3) is 0 Å². The van der Waals surface area contributed by atoms with Gasteiger partial charge in [-0.3, -0.25) is 9.69 Å². The summed E-state index contributed by atoms with van der Waals surface area (Å²) >= 11 is 1.15. The number of amidine groups is 1. The SMILES string of the molecule is CC(C)c1ccc(N(C)C)cc1N1C(=O)CS/C1=N\C(=O)Nc1ccc(-c2ncn(-c3ccc(OC(F)(F)F)cc3)n2)cc1C#N. The highest BCUT2D eigenvalue weighted by Crippen LogP contribution is 2.36. The fourth-order valence-corrected chi connectivity index (χ4v) is 5.47. The molecular weight excluding hydrogens is 621 g/mol. The molecule has 0 bridgehead atoms. The van der Waals surface area contributed by atoms with Crippen LogP contribution in [-0.4, -0.2) is 58.1 Å². The lowest BCUT2D eigenvalue weighted by Crippen LogP contribution is -2.31. The van der Waals surface area contributed by atoms with Gasteiger partial charge in [-0.25, -0.2) is 14.5 Å². The van der Waals surface area contributed by atoms with Gasteiger partial charge in [-0.15, -0.1) is 18.3 Å². The number of nitrogens with zero attached hydrogens (tertiary/aromatic N) is 7. The van der Waals surface area contributed by atoms with Crippen molar-refractivity contribution in [1.82, 2.24) is 14.8 Å². The van der Waals surface area contributed by atoms with Gasteiger partial charge in [0, 0.05) is 25.3 Å². The van der Waals surface area contributed by atoms with Crippen LogP contribution in [0.1, 0.15) is 30.9 Å². The summed E-state index contributed by atoms with van der Waals surface area (Å²) in [6.45, 7) is 4.04. The van der Waals surface area contributed by atoms with Gasteiger partial charge in [-0.2, -0.15) is 10.3 Å². The summed E-state index contributed by atoms with van der Waals surface area (Å²) < 4.78 is 42.6. The van der Waals surface area contributed by atoms with Gasteiger partial charge in [0.2, 0.25) is 5.91 Å². The van der Waals surface area contributed by atoms with Crippen molar-refractivity contribution in [3.05, 3.63) is 78.1 Å². The third kappa shape index (κ3) is 7.13. The normalized spacial score (nSPS) is 14.1. The lowest BCUT2D eigenvalue weighted by molar-refractivity contribution is -0.274. The van der Waals surface area contributed by atoms with E-state index in [1.807, 2.05) is 57.1 Å². The summed E-state index contributed by atoms with van der Waals surface area (Å²) in [6, 6.07) is 16.8. The number of hydrogen-bond acceptors (Lipinski definition) is 8. The summed E-state index contributed by atoms with van der Waals surface area (Å²) in [5.74, 6) is -0.103. The topological polar surface area (TPSA) is 129 Å². The van der Waals surface area contributed by atoms with Crippen molar-refractivity contribution in [2.24, 2.45) is 4.99 Å². The van der Waals surface area contributed by atoms with Gasteiger partial charge in [-0.1, -0.05) is 31.7 Å². The van der Waals surface area contributed by atoms with Crippen LogP contribution < -0.4 is 19.9 Å². The maximum atomic E-state index is 13.1. The second-order valence-corrected chi connectivity index (χ2v) is 11.5. The van der Waals surface area contributed by atoms with Crippen molar-refractivity contribution in [3.63, 3.8) is 0 Å². The minimum Gasteiger partial charge on any atom is -0.406 e. The Morgan fingerprint density at radius 3 is 2.52 bits per heavy atom. The third-order valence-corrected chi connectivity index (χ3v) is 7.75. The van der Waals surface area contributed by atoms with Crippen LogP contribution in [0.5, 0.6) is 5.75 Å². The van der Waals surface area contributed by atoms with Crippen molar-refractivity contribution < 1.29 is 27.5 Å². The predicted octanol–water partition coefficient (Wildman–Crippen LogP) is 6.56. The number of hydrogen-bond donors (Lipinski definition) is 1. The summed E-state index contributed by atoms with van der Waals surface area (Å²) in [7, 11) is 3.80. The molecular formula is C31H27F3N8O3S. The molecule has 1 aliphatic rings. The van der Waals surface area contributed by atoms with Crippen molar-refractivity contribution in [2.75, 3.05) is 35.0 Å². The van der Waals surface area contributed by atoms with Crippen molar-refractivity contribution in [3.8, 4) is 28.9 Å². The van der Waals surface area contributed by atoms with E-state index in [0.717, 1.165) is 35.1 Å². The molecule has 5 rings (SSSR count). The molecule has 3 aromatic carbocycles. The Labute approximate surface area is 266 Å². The zero-order valence-electron chi connectivity index (χ0n) is 25.0. The van der Waals surface area contributed by atoms with Crippen LogP contribution in [0.25, 0.3) is 17.1 Å². The van der Waals surface area contributed by atoms with E-state index in [2.05, 4.69) is 25.1 Å². The molecule has 1 N–H and O–H groups in total. The fraction of sp³-hybridized carbons (Fsp3) is 0.226. The first-order valence-corrected chi connectivity index (χ1v) is 14.8. The zero-order valence-corrected chi connectivity index (χ0v) is 25.8. The van der Waals surface area contributed by atoms with Crippen LogP contribution in [0.15, 0.2) is 72.0 Å². The van der Waals surface area contributed by atoms with E-state index in [4.69, 9.17) is 0 Å².